The Bertz CT molecular complexity index is 1370. The minimum atomic E-state index is -0.336. The molecule has 1 saturated heterocycles. The fourth-order valence-corrected chi connectivity index (χ4v) is 4.75. The summed E-state index contributed by atoms with van der Waals surface area (Å²) in [5.41, 5.74) is 7.35. The zero-order valence-corrected chi connectivity index (χ0v) is 20.8. The predicted octanol–water partition coefficient (Wildman–Crippen LogP) is 4.61. The number of ether oxygens (including phenoxy) is 1. The zero-order chi connectivity index (χ0) is 25.6. The van der Waals surface area contributed by atoms with E-state index in [0.717, 1.165) is 29.4 Å². The highest BCUT2D eigenvalue weighted by atomic mass is 32.2. The van der Waals surface area contributed by atoms with Gasteiger partial charge in [0.15, 0.2) is 10.9 Å². The van der Waals surface area contributed by atoms with Crippen LogP contribution in [0.15, 0.2) is 88.9 Å². The number of carbonyl (C=O) groups is 1. The number of aliphatic hydroxyl groups excluding tert-OH is 1. The summed E-state index contributed by atoms with van der Waals surface area (Å²) in [5.74, 6) is 1.15. The van der Waals surface area contributed by atoms with Crippen LogP contribution in [-0.4, -0.2) is 45.2 Å². The third kappa shape index (κ3) is 6.35. The number of nitrogens with one attached hydrogen (secondary N) is 1. The molecule has 1 fully saturated rings. The van der Waals surface area contributed by atoms with Crippen molar-refractivity contribution in [1.29, 1.82) is 0 Å². The monoisotopic (exact) mass is 514 g/mol. The van der Waals surface area contributed by atoms with Crippen LogP contribution in [0.1, 0.15) is 23.2 Å². The molecule has 2 heterocycles. The summed E-state index contributed by atoms with van der Waals surface area (Å²) in [4.78, 5) is 28.2. The third-order valence-corrected chi connectivity index (χ3v) is 6.66. The number of para-hydroxylation sites is 1. The van der Waals surface area contributed by atoms with Crippen LogP contribution in [0.4, 0.5) is 17.6 Å². The maximum Gasteiger partial charge on any atom is 0.258 e. The maximum absolute atomic E-state index is 12.5. The topological polar surface area (TPSA) is 126 Å². The third-order valence-electron chi connectivity index (χ3n) is 5.81. The van der Waals surface area contributed by atoms with Crippen molar-refractivity contribution in [3.8, 4) is 11.5 Å². The average molecular weight is 515 g/mol. The Morgan fingerprint density at radius 3 is 2.41 bits per heavy atom. The molecule has 10 heteroatoms. The van der Waals surface area contributed by atoms with E-state index in [1.165, 1.54) is 11.8 Å². The smallest absolute Gasteiger partial charge is 0.258 e. The highest BCUT2D eigenvalue weighted by Gasteiger charge is 2.21. The number of nitrogens with two attached hydrogens (primary N) is 1. The van der Waals surface area contributed by atoms with E-state index in [9.17, 15) is 9.90 Å². The van der Waals surface area contributed by atoms with Crippen LogP contribution in [0.5, 0.6) is 11.5 Å². The molecule has 3 aromatic carbocycles. The van der Waals surface area contributed by atoms with Crippen LogP contribution >= 0.6 is 11.8 Å². The number of benzene rings is 3. The van der Waals surface area contributed by atoms with Gasteiger partial charge < -0.3 is 20.5 Å². The molecular formula is C27H26N6O3S. The maximum atomic E-state index is 12.5. The number of anilines is 3. The molecule has 0 spiro atoms. The molecule has 0 aliphatic carbocycles. The lowest BCUT2D eigenvalue weighted by Gasteiger charge is -2.32. The number of aromatic nitrogens is 3. The Kier molecular flexibility index (Phi) is 7.48. The van der Waals surface area contributed by atoms with Crippen molar-refractivity contribution in [1.82, 2.24) is 15.0 Å². The Hall–Kier alpha value is -4.15. The van der Waals surface area contributed by atoms with E-state index in [0.29, 0.717) is 29.3 Å². The molecule has 5 rings (SSSR count). The van der Waals surface area contributed by atoms with E-state index in [-0.39, 0.29) is 23.9 Å². The molecule has 1 aliphatic heterocycles. The van der Waals surface area contributed by atoms with Gasteiger partial charge in [0.1, 0.15) is 5.75 Å². The molecule has 4 aromatic rings. The van der Waals surface area contributed by atoms with E-state index in [1.54, 1.807) is 24.3 Å². The van der Waals surface area contributed by atoms with Crippen molar-refractivity contribution in [2.24, 2.45) is 0 Å². The fraction of sp³-hybridized carbons (Fsp3) is 0.185. The van der Waals surface area contributed by atoms with Crippen molar-refractivity contribution in [2.45, 2.75) is 29.0 Å². The van der Waals surface area contributed by atoms with Gasteiger partial charge in [-0.1, -0.05) is 36.4 Å². The average Bonchev–Trinajstić information content (AvgIpc) is 2.90. The summed E-state index contributed by atoms with van der Waals surface area (Å²) < 4.78 is 6.26. The number of piperidine rings is 1. The Labute approximate surface area is 218 Å². The summed E-state index contributed by atoms with van der Waals surface area (Å²) >= 11 is 1.29. The van der Waals surface area contributed by atoms with Gasteiger partial charge in [0.2, 0.25) is 11.9 Å². The molecule has 0 saturated carbocycles. The van der Waals surface area contributed by atoms with E-state index >= 15 is 0 Å². The minimum Gasteiger partial charge on any atom is -0.455 e. The van der Waals surface area contributed by atoms with Crippen LogP contribution in [0.3, 0.4) is 0 Å². The van der Waals surface area contributed by atoms with Crippen LogP contribution in [0, 0.1) is 0 Å². The van der Waals surface area contributed by atoms with Gasteiger partial charge in [-0.15, -0.1) is 0 Å². The SMILES string of the molecule is Nc1nc(NC(=O)c2ccccc2)nc(Sc2ccc(N3CCC(O)CC3)c(Oc3ccccc3)c2)n1. The molecule has 1 aromatic heterocycles. The second kappa shape index (κ2) is 11.3. The number of hydrogen-bond acceptors (Lipinski definition) is 9. The van der Waals surface area contributed by atoms with Crippen molar-refractivity contribution in [2.75, 3.05) is 29.0 Å². The molecule has 1 aliphatic rings. The summed E-state index contributed by atoms with van der Waals surface area (Å²) in [7, 11) is 0. The Morgan fingerprint density at radius 1 is 0.973 bits per heavy atom. The highest BCUT2D eigenvalue weighted by Crippen LogP contribution is 2.38. The summed E-state index contributed by atoms with van der Waals surface area (Å²) in [6.07, 6.45) is 1.15. The molecule has 0 unspecified atom stereocenters. The number of carbonyl (C=O) groups excluding carboxylic acids is 1. The molecule has 0 atom stereocenters. The lowest BCUT2D eigenvalue weighted by atomic mass is 10.1. The van der Waals surface area contributed by atoms with E-state index < -0.39 is 0 Å². The number of nitrogen functional groups attached to an aromatic ring is 1. The molecule has 9 nitrogen and oxygen atoms in total. The first kappa shape index (κ1) is 24.5. The van der Waals surface area contributed by atoms with Crippen molar-refractivity contribution >= 4 is 35.3 Å². The van der Waals surface area contributed by atoms with Crippen molar-refractivity contribution in [3.63, 3.8) is 0 Å². The molecular weight excluding hydrogens is 488 g/mol. The predicted molar refractivity (Wildman–Crippen MR) is 143 cm³/mol. The molecule has 1 amide bonds. The van der Waals surface area contributed by atoms with E-state index in [1.807, 2.05) is 54.6 Å². The first-order valence-electron chi connectivity index (χ1n) is 11.9. The van der Waals surface area contributed by atoms with Crippen LogP contribution in [-0.2, 0) is 0 Å². The van der Waals surface area contributed by atoms with E-state index in [4.69, 9.17) is 10.5 Å². The normalized spacial score (nSPS) is 13.8. The van der Waals surface area contributed by atoms with E-state index in [2.05, 4.69) is 25.2 Å². The molecule has 4 N–H and O–H groups in total. The first-order chi connectivity index (χ1) is 18.0. The van der Waals surface area contributed by atoms with Gasteiger partial charge in [-0.2, -0.15) is 15.0 Å². The van der Waals surface area contributed by atoms with Gasteiger partial charge in [-0.3, -0.25) is 10.1 Å². The van der Waals surface area contributed by atoms with Gasteiger partial charge >= 0.3 is 0 Å². The minimum absolute atomic E-state index is 0.00474. The second-order valence-corrected chi connectivity index (χ2v) is 9.53. The fourth-order valence-electron chi connectivity index (χ4n) is 3.97. The molecule has 0 bridgehead atoms. The summed E-state index contributed by atoms with van der Waals surface area (Å²) in [5, 5.41) is 13.0. The molecule has 37 heavy (non-hydrogen) atoms. The second-order valence-electron chi connectivity index (χ2n) is 8.48. The van der Waals surface area contributed by atoms with Gasteiger partial charge in [0.25, 0.3) is 5.91 Å². The van der Waals surface area contributed by atoms with Gasteiger partial charge in [0.05, 0.1) is 11.8 Å². The Morgan fingerprint density at radius 2 is 1.68 bits per heavy atom. The molecule has 188 valence electrons. The summed E-state index contributed by atoms with van der Waals surface area (Å²) in [6.45, 7) is 1.49. The van der Waals surface area contributed by atoms with Crippen LogP contribution in [0.25, 0.3) is 0 Å². The van der Waals surface area contributed by atoms with Crippen molar-refractivity contribution in [3.05, 3.63) is 84.4 Å². The standard InChI is InChI=1S/C27H26N6O3S/c28-25-30-26(29-24(35)18-7-3-1-4-8-18)32-27(31-25)37-21-11-12-22(33-15-13-19(34)14-16-33)23(17-21)36-20-9-5-2-6-10-20/h1-12,17,19,34H,13-16H2,(H3,28,29,30,31,32,35). The Balaban J connectivity index is 1.39. The van der Waals surface area contributed by atoms with Crippen molar-refractivity contribution < 1.29 is 14.6 Å². The molecule has 0 radical (unpaired) electrons. The van der Waals surface area contributed by atoms with Crippen LogP contribution in [0.2, 0.25) is 0 Å². The highest BCUT2D eigenvalue weighted by molar-refractivity contribution is 7.99. The van der Waals surface area contributed by atoms with Gasteiger partial charge in [-0.05, 0) is 67.1 Å². The number of aliphatic hydroxyl groups is 1. The largest absolute Gasteiger partial charge is 0.455 e. The van der Waals surface area contributed by atoms with Crippen LogP contribution < -0.4 is 20.7 Å². The van der Waals surface area contributed by atoms with Gasteiger partial charge in [0, 0.05) is 23.5 Å². The number of rotatable bonds is 7. The first-order valence-corrected chi connectivity index (χ1v) is 12.7. The summed E-state index contributed by atoms with van der Waals surface area (Å²) in [6, 6.07) is 24.3. The number of nitrogens with zero attached hydrogens (tertiary/aromatic N) is 4. The van der Waals surface area contributed by atoms with Gasteiger partial charge in [-0.25, -0.2) is 0 Å². The number of amides is 1. The lowest BCUT2D eigenvalue weighted by molar-refractivity contribution is 0.102. The quantitative estimate of drug-likeness (QED) is 0.324. The number of hydrogen-bond donors (Lipinski definition) is 3. The zero-order valence-electron chi connectivity index (χ0n) is 19.9. The lowest BCUT2D eigenvalue weighted by Crippen LogP contribution is -2.35.